The fraction of sp³-hybridized carbons (Fsp3) is 0.667. The van der Waals surface area contributed by atoms with E-state index < -0.39 is 11.5 Å². The smallest absolute Gasteiger partial charge is 0.0951 e. The summed E-state index contributed by atoms with van der Waals surface area (Å²) in [6.45, 7) is 14.1. The molecule has 3 heteroatoms. The van der Waals surface area contributed by atoms with Gasteiger partial charge in [0.1, 0.15) is 0 Å². The Hall–Kier alpha value is -2.46. The average Bonchev–Trinajstić information content (AvgIpc) is 3.21. The van der Waals surface area contributed by atoms with Crippen LogP contribution in [0.3, 0.4) is 0 Å². The second-order valence-corrected chi connectivity index (χ2v) is 18.9. The van der Waals surface area contributed by atoms with E-state index in [2.05, 4.69) is 114 Å². The molecule has 0 heterocycles. The third-order valence-electron chi connectivity index (χ3n) is 12.9. The molecule has 0 saturated heterocycles. The molecule has 3 nitrogen and oxygen atoms in total. The van der Waals surface area contributed by atoms with Gasteiger partial charge in [0.25, 0.3) is 0 Å². The molecule has 2 N–H and O–H groups in total. The number of aliphatic hydroxyl groups is 2. The first-order valence-corrected chi connectivity index (χ1v) is 23.7. The van der Waals surface area contributed by atoms with Crippen LogP contribution in [0.4, 0.5) is 0 Å². The van der Waals surface area contributed by atoms with Gasteiger partial charge in [0.2, 0.25) is 0 Å². The first-order chi connectivity index (χ1) is 27.7. The minimum Gasteiger partial charge on any atom is -0.394 e. The summed E-state index contributed by atoms with van der Waals surface area (Å²) in [6, 6.07) is 31.4. The second-order valence-electron chi connectivity index (χ2n) is 18.9. The van der Waals surface area contributed by atoms with Crippen LogP contribution >= 0.6 is 0 Å². The van der Waals surface area contributed by atoms with Gasteiger partial charge in [-0.1, -0.05) is 248 Å². The lowest BCUT2D eigenvalue weighted by atomic mass is 9.65. The third kappa shape index (κ3) is 17.0. The lowest BCUT2D eigenvalue weighted by molar-refractivity contribution is -0.111. The lowest BCUT2D eigenvalue weighted by Crippen LogP contribution is -2.47. The number of aliphatic hydroxyl groups excluding tert-OH is 2. The van der Waals surface area contributed by atoms with Crippen LogP contribution in [-0.2, 0) is 10.2 Å². The van der Waals surface area contributed by atoms with Crippen LogP contribution in [-0.4, -0.2) is 35.6 Å². The highest BCUT2D eigenvalue weighted by Crippen LogP contribution is 2.45. The molecular formula is C54H86O3. The van der Waals surface area contributed by atoms with Crippen molar-refractivity contribution < 1.29 is 14.9 Å². The second kappa shape index (κ2) is 28.1. The molecule has 2 atom stereocenters. The summed E-state index contributed by atoms with van der Waals surface area (Å²) in [4.78, 5) is 0. The van der Waals surface area contributed by atoms with E-state index in [0.717, 1.165) is 53.7 Å². The molecule has 0 aromatic heterocycles. The highest BCUT2D eigenvalue weighted by atomic mass is 16.5. The van der Waals surface area contributed by atoms with Gasteiger partial charge in [-0.2, -0.15) is 0 Å². The van der Waals surface area contributed by atoms with Crippen molar-refractivity contribution in [2.24, 2.45) is 23.2 Å². The van der Waals surface area contributed by atoms with Gasteiger partial charge in [-0.25, -0.2) is 0 Å². The molecule has 57 heavy (non-hydrogen) atoms. The topological polar surface area (TPSA) is 49.7 Å². The number of benzene rings is 3. The van der Waals surface area contributed by atoms with Crippen molar-refractivity contribution >= 4 is 0 Å². The van der Waals surface area contributed by atoms with E-state index in [1.54, 1.807) is 0 Å². The van der Waals surface area contributed by atoms with Crippen molar-refractivity contribution in [3.05, 3.63) is 108 Å². The average molecular weight is 783 g/mol. The van der Waals surface area contributed by atoms with Crippen molar-refractivity contribution in [1.29, 1.82) is 0 Å². The maximum atomic E-state index is 12.7. The Morgan fingerprint density at radius 3 is 1.04 bits per heavy atom. The molecule has 0 saturated carbocycles. The standard InChI is InChI=1S/C54H86O3/c1-45(2)31-19-10-7-13-28-40-53(41-29-14-8-11-20-32-46(3)4,42-30-15-9-12-21-33-47(5)6)52(43-55)57-44-51(56)54(48-34-22-16-23-35-48,49-36-24-17-25-37-49)50-38-26-18-27-39-50/h16-18,22-27,34-39,45-47,51-52,55-56H,7-15,19-21,28-33,40-44H2,1-6H3. The molecular weight excluding hydrogens is 697 g/mol. The van der Waals surface area contributed by atoms with E-state index in [1.165, 1.54) is 116 Å². The number of unbranched alkanes of at least 4 members (excludes halogenated alkanes) is 12. The molecule has 0 fully saturated rings. The maximum absolute atomic E-state index is 12.7. The summed E-state index contributed by atoms with van der Waals surface area (Å²) in [5.74, 6) is 2.32. The molecule has 0 bridgehead atoms. The van der Waals surface area contributed by atoms with E-state index in [1.807, 2.05) is 18.2 Å². The Kier molecular flexibility index (Phi) is 24.1. The van der Waals surface area contributed by atoms with E-state index >= 15 is 0 Å². The molecule has 3 rings (SSSR count). The molecule has 0 aliphatic rings. The Morgan fingerprint density at radius 1 is 0.439 bits per heavy atom. The summed E-state index contributed by atoms with van der Waals surface area (Å²) in [5.41, 5.74) is 2.17. The van der Waals surface area contributed by atoms with Crippen molar-refractivity contribution in [2.75, 3.05) is 13.2 Å². The van der Waals surface area contributed by atoms with Crippen molar-refractivity contribution in [1.82, 2.24) is 0 Å². The monoisotopic (exact) mass is 783 g/mol. The molecule has 320 valence electrons. The molecule has 2 unspecified atom stereocenters. The fourth-order valence-electron chi connectivity index (χ4n) is 9.47. The quantitative estimate of drug-likeness (QED) is 0.0478. The normalized spacial score (nSPS) is 13.5. The van der Waals surface area contributed by atoms with Gasteiger partial charge in [-0.3, -0.25) is 0 Å². The number of hydrogen-bond donors (Lipinski definition) is 2. The molecule has 0 aliphatic carbocycles. The summed E-state index contributed by atoms with van der Waals surface area (Å²) in [7, 11) is 0. The van der Waals surface area contributed by atoms with Crippen LogP contribution in [0.15, 0.2) is 91.0 Å². The van der Waals surface area contributed by atoms with Gasteiger partial charge in [-0.15, -0.1) is 0 Å². The van der Waals surface area contributed by atoms with Crippen LogP contribution < -0.4 is 0 Å². The molecule has 3 aromatic carbocycles. The fourth-order valence-corrected chi connectivity index (χ4v) is 9.47. The zero-order valence-electron chi connectivity index (χ0n) is 37.6. The Balaban J connectivity index is 1.92. The van der Waals surface area contributed by atoms with Crippen LogP contribution in [0.1, 0.15) is 193 Å². The van der Waals surface area contributed by atoms with Gasteiger partial charge < -0.3 is 14.9 Å². The Labute approximate surface area is 351 Å². The highest BCUT2D eigenvalue weighted by Gasteiger charge is 2.45. The zero-order valence-corrected chi connectivity index (χ0v) is 37.6. The van der Waals surface area contributed by atoms with Gasteiger partial charge in [0.05, 0.1) is 30.8 Å². The van der Waals surface area contributed by atoms with E-state index in [-0.39, 0.29) is 24.7 Å². The van der Waals surface area contributed by atoms with Crippen LogP contribution in [0.5, 0.6) is 0 Å². The first-order valence-electron chi connectivity index (χ1n) is 23.7. The van der Waals surface area contributed by atoms with Gasteiger partial charge in [-0.05, 0) is 59.1 Å². The summed E-state index contributed by atoms with van der Waals surface area (Å²) >= 11 is 0. The summed E-state index contributed by atoms with van der Waals surface area (Å²) < 4.78 is 7.05. The third-order valence-corrected chi connectivity index (χ3v) is 12.9. The SMILES string of the molecule is CC(C)CCCCCCCC(CCCCCCCC(C)C)(CCCCCCCC(C)C)C(CO)OCC(O)C(c1ccccc1)(c1ccccc1)c1ccccc1. The largest absolute Gasteiger partial charge is 0.394 e. The number of rotatable bonds is 33. The molecule has 0 amide bonds. The van der Waals surface area contributed by atoms with Gasteiger partial charge in [0.15, 0.2) is 0 Å². The van der Waals surface area contributed by atoms with Crippen LogP contribution in [0.25, 0.3) is 0 Å². The van der Waals surface area contributed by atoms with Crippen molar-refractivity contribution in [3.8, 4) is 0 Å². The minimum absolute atomic E-state index is 0.0150. The maximum Gasteiger partial charge on any atom is 0.0951 e. The Morgan fingerprint density at radius 2 is 0.737 bits per heavy atom. The van der Waals surface area contributed by atoms with Crippen LogP contribution in [0, 0.1) is 23.2 Å². The first kappa shape index (κ1) is 48.9. The lowest BCUT2D eigenvalue weighted by Gasteiger charge is -2.44. The molecule has 0 radical (unpaired) electrons. The van der Waals surface area contributed by atoms with Crippen molar-refractivity contribution in [2.45, 2.75) is 194 Å². The highest BCUT2D eigenvalue weighted by molar-refractivity contribution is 5.52. The van der Waals surface area contributed by atoms with E-state index in [0.29, 0.717) is 0 Å². The predicted octanol–water partition coefficient (Wildman–Crippen LogP) is 14.9. The van der Waals surface area contributed by atoms with Gasteiger partial charge >= 0.3 is 0 Å². The van der Waals surface area contributed by atoms with Crippen molar-refractivity contribution in [3.63, 3.8) is 0 Å². The predicted molar refractivity (Wildman–Crippen MR) is 246 cm³/mol. The summed E-state index contributed by atoms with van der Waals surface area (Å²) in [5, 5.41) is 24.1. The zero-order chi connectivity index (χ0) is 41.2. The minimum atomic E-state index is -0.876. The number of ether oxygens (including phenoxy) is 1. The number of hydrogen-bond acceptors (Lipinski definition) is 3. The van der Waals surface area contributed by atoms with E-state index in [4.69, 9.17) is 4.74 Å². The van der Waals surface area contributed by atoms with E-state index in [9.17, 15) is 10.2 Å². The van der Waals surface area contributed by atoms with Crippen LogP contribution in [0.2, 0.25) is 0 Å². The van der Waals surface area contributed by atoms with Gasteiger partial charge in [0, 0.05) is 0 Å². The molecule has 0 spiro atoms. The molecule has 0 aliphatic heterocycles. The Bertz CT molecular complexity index is 1220. The molecule has 3 aromatic rings. The summed E-state index contributed by atoms with van der Waals surface area (Å²) in [6.07, 6.45) is 25.0.